The lowest BCUT2D eigenvalue weighted by atomic mass is 10.1. The molecule has 3 nitrogen and oxygen atoms in total. The van der Waals surface area contributed by atoms with Crippen molar-refractivity contribution in [3.05, 3.63) is 70.6 Å². The lowest BCUT2D eigenvalue weighted by molar-refractivity contribution is 0.112. The van der Waals surface area contributed by atoms with Crippen molar-refractivity contribution < 1.29 is 9.18 Å². The van der Waals surface area contributed by atoms with Crippen molar-refractivity contribution in [3.63, 3.8) is 0 Å². The first-order valence-electron chi connectivity index (χ1n) is 6.25. The summed E-state index contributed by atoms with van der Waals surface area (Å²) in [4.78, 5) is 11.3. The van der Waals surface area contributed by atoms with Crippen molar-refractivity contribution in [1.82, 2.24) is 9.78 Å². The van der Waals surface area contributed by atoms with Gasteiger partial charge < -0.3 is 0 Å². The molecule has 0 aliphatic carbocycles. The van der Waals surface area contributed by atoms with Crippen molar-refractivity contribution in [2.75, 3.05) is 0 Å². The Bertz CT molecular complexity index is 796. The zero-order chi connectivity index (χ0) is 14.8. The first-order chi connectivity index (χ1) is 10.2. The fourth-order valence-corrected chi connectivity index (χ4v) is 2.53. The Labute approximate surface area is 129 Å². The van der Waals surface area contributed by atoms with E-state index < -0.39 is 0 Å². The molecule has 3 aromatic rings. The lowest BCUT2D eigenvalue weighted by Gasteiger charge is -2.02. The molecule has 0 unspecified atom stereocenters. The summed E-state index contributed by atoms with van der Waals surface area (Å²) >= 11 is 3.46. The number of halogens is 2. The molecule has 0 saturated carbocycles. The number of carbonyl (C=O) groups excluding carboxylic acids is 1. The minimum Gasteiger partial charge on any atom is -0.298 e. The molecule has 0 spiro atoms. The van der Waals surface area contributed by atoms with Gasteiger partial charge in [0.25, 0.3) is 0 Å². The fraction of sp³-hybridized carbons (Fsp3) is 0. The van der Waals surface area contributed by atoms with E-state index in [4.69, 9.17) is 0 Å². The molecule has 21 heavy (non-hydrogen) atoms. The highest BCUT2D eigenvalue weighted by Crippen LogP contribution is 2.29. The van der Waals surface area contributed by atoms with Crippen molar-refractivity contribution in [2.45, 2.75) is 0 Å². The van der Waals surface area contributed by atoms with Crippen LogP contribution in [0.4, 0.5) is 4.39 Å². The van der Waals surface area contributed by atoms with Gasteiger partial charge in [0.1, 0.15) is 11.5 Å². The van der Waals surface area contributed by atoms with Gasteiger partial charge in [0.2, 0.25) is 0 Å². The predicted octanol–water partition coefficient (Wildman–Crippen LogP) is 4.25. The normalized spacial score (nSPS) is 10.6. The first-order valence-corrected chi connectivity index (χ1v) is 7.04. The number of hydrogen-bond acceptors (Lipinski definition) is 2. The Balaban J connectivity index is 2.13. The van der Waals surface area contributed by atoms with Crippen molar-refractivity contribution in [3.8, 4) is 16.9 Å². The second-order valence-corrected chi connectivity index (χ2v) is 5.31. The SMILES string of the molecule is O=Cc1cn(-c2ccc(F)cc2)nc1-c1ccccc1Br. The predicted molar refractivity (Wildman–Crippen MR) is 82.0 cm³/mol. The molecule has 3 rings (SSSR count). The Morgan fingerprint density at radius 2 is 1.81 bits per heavy atom. The number of aldehydes is 1. The molecular weight excluding hydrogens is 335 g/mol. The Hall–Kier alpha value is -2.27. The minimum absolute atomic E-state index is 0.312. The highest BCUT2D eigenvalue weighted by molar-refractivity contribution is 9.10. The molecule has 0 N–H and O–H groups in total. The third-order valence-electron chi connectivity index (χ3n) is 3.09. The number of hydrogen-bond donors (Lipinski definition) is 0. The van der Waals surface area contributed by atoms with E-state index in [0.717, 1.165) is 16.3 Å². The first kappa shape index (κ1) is 13.7. The molecule has 5 heteroatoms. The maximum atomic E-state index is 13.0. The van der Waals surface area contributed by atoms with E-state index in [9.17, 15) is 9.18 Å². The summed E-state index contributed by atoms with van der Waals surface area (Å²) in [6, 6.07) is 13.5. The van der Waals surface area contributed by atoms with Gasteiger partial charge in [0.15, 0.2) is 6.29 Å². The molecule has 0 fully saturated rings. The van der Waals surface area contributed by atoms with Crippen molar-refractivity contribution in [1.29, 1.82) is 0 Å². The zero-order valence-corrected chi connectivity index (χ0v) is 12.4. The van der Waals surface area contributed by atoms with Crippen LogP contribution >= 0.6 is 15.9 Å². The lowest BCUT2D eigenvalue weighted by Crippen LogP contribution is -1.95. The number of nitrogens with zero attached hydrogens (tertiary/aromatic N) is 2. The Morgan fingerprint density at radius 3 is 2.48 bits per heavy atom. The van der Waals surface area contributed by atoms with Gasteiger partial charge in [-0.05, 0) is 30.3 Å². The highest BCUT2D eigenvalue weighted by Gasteiger charge is 2.13. The van der Waals surface area contributed by atoms with Crippen LogP contribution in [-0.2, 0) is 0 Å². The molecular formula is C16H10BrFN2O. The van der Waals surface area contributed by atoms with Gasteiger partial charge in [0.05, 0.1) is 11.3 Å². The molecule has 0 aliphatic heterocycles. The van der Waals surface area contributed by atoms with Crippen LogP contribution in [0.15, 0.2) is 59.2 Å². The summed E-state index contributed by atoms with van der Waals surface area (Å²) in [6.07, 6.45) is 2.40. The average Bonchev–Trinajstić information content (AvgIpc) is 2.92. The summed E-state index contributed by atoms with van der Waals surface area (Å²) < 4.78 is 15.4. The van der Waals surface area contributed by atoms with E-state index in [-0.39, 0.29) is 5.82 Å². The molecule has 1 aromatic heterocycles. The zero-order valence-electron chi connectivity index (χ0n) is 10.8. The second-order valence-electron chi connectivity index (χ2n) is 4.45. The van der Waals surface area contributed by atoms with Crippen LogP contribution < -0.4 is 0 Å². The quantitative estimate of drug-likeness (QED) is 0.665. The average molecular weight is 345 g/mol. The topological polar surface area (TPSA) is 34.9 Å². The van der Waals surface area contributed by atoms with Gasteiger partial charge in [-0.2, -0.15) is 5.10 Å². The van der Waals surface area contributed by atoms with E-state index in [1.807, 2.05) is 24.3 Å². The van der Waals surface area contributed by atoms with Gasteiger partial charge in [0, 0.05) is 16.2 Å². The van der Waals surface area contributed by atoms with E-state index in [2.05, 4.69) is 21.0 Å². The Morgan fingerprint density at radius 1 is 1.10 bits per heavy atom. The molecule has 104 valence electrons. The van der Waals surface area contributed by atoms with Crippen LogP contribution in [0, 0.1) is 5.82 Å². The number of aromatic nitrogens is 2. The van der Waals surface area contributed by atoms with Gasteiger partial charge >= 0.3 is 0 Å². The smallest absolute Gasteiger partial charge is 0.153 e. The standard InChI is InChI=1S/C16H10BrFN2O/c17-15-4-2-1-3-14(15)16-11(10-21)9-20(19-16)13-7-5-12(18)6-8-13/h1-10H. The van der Waals surface area contributed by atoms with Crippen LogP contribution in [0.2, 0.25) is 0 Å². The molecule has 0 aliphatic rings. The molecule has 0 bridgehead atoms. The van der Waals surface area contributed by atoms with Crippen LogP contribution in [-0.4, -0.2) is 16.1 Å². The van der Waals surface area contributed by atoms with E-state index >= 15 is 0 Å². The second kappa shape index (κ2) is 5.61. The Kier molecular flexibility index (Phi) is 3.66. The molecule has 0 atom stereocenters. The van der Waals surface area contributed by atoms with Gasteiger partial charge in [-0.25, -0.2) is 9.07 Å². The van der Waals surface area contributed by atoms with Crippen LogP contribution in [0.25, 0.3) is 16.9 Å². The highest BCUT2D eigenvalue weighted by atomic mass is 79.9. The third kappa shape index (κ3) is 2.64. The van der Waals surface area contributed by atoms with Crippen LogP contribution in [0.5, 0.6) is 0 Å². The van der Waals surface area contributed by atoms with Crippen molar-refractivity contribution in [2.24, 2.45) is 0 Å². The molecule has 0 radical (unpaired) electrons. The van der Waals surface area contributed by atoms with Gasteiger partial charge in [-0.3, -0.25) is 4.79 Å². The summed E-state index contributed by atoms with van der Waals surface area (Å²) in [5, 5.41) is 4.44. The summed E-state index contributed by atoms with van der Waals surface area (Å²) in [5.41, 5.74) is 2.59. The summed E-state index contributed by atoms with van der Waals surface area (Å²) in [5.74, 6) is -0.312. The maximum Gasteiger partial charge on any atom is 0.153 e. The maximum absolute atomic E-state index is 13.0. The molecule has 2 aromatic carbocycles. The van der Waals surface area contributed by atoms with Crippen LogP contribution in [0.3, 0.4) is 0 Å². The van der Waals surface area contributed by atoms with Gasteiger partial charge in [-0.1, -0.05) is 34.1 Å². The number of carbonyl (C=O) groups is 1. The summed E-state index contributed by atoms with van der Waals surface area (Å²) in [6.45, 7) is 0. The van der Waals surface area contributed by atoms with E-state index in [0.29, 0.717) is 16.9 Å². The van der Waals surface area contributed by atoms with E-state index in [1.54, 1.807) is 23.0 Å². The van der Waals surface area contributed by atoms with Crippen molar-refractivity contribution >= 4 is 22.2 Å². The van der Waals surface area contributed by atoms with Gasteiger partial charge in [-0.15, -0.1) is 0 Å². The van der Waals surface area contributed by atoms with Crippen LogP contribution in [0.1, 0.15) is 10.4 Å². The molecule has 0 saturated heterocycles. The minimum atomic E-state index is -0.312. The monoisotopic (exact) mass is 344 g/mol. The third-order valence-corrected chi connectivity index (χ3v) is 3.78. The number of rotatable bonds is 3. The number of benzene rings is 2. The molecule has 1 heterocycles. The summed E-state index contributed by atoms with van der Waals surface area (Å²) in [7, 11) is 0. The van der Waals surface area contributed by atoms with E-state index in [1.165, 1.54) is 12.1 Å². The largest absolute Gasteiger partial charge is 0.298 e. The fourth-order valence-electron chi connectivity index (χ4n) is 2.06. The molecule has 0 amide bonds.